The van der Waals surface area contributed by atoms with Gasteiger partial charge in [0.2, 0.25) is 0 Å². The lowest BCUT2D eigenvalue weighted by Crippen LogP contribution is -2.16. The summed E-state index contributed by atoms with van der Waals surface area (Å²) in [4.78, 5) is 15.7. The maximum absolute atomic E-state index is 5.45. The smallest absolute Gasteiger partial charge is 0.160 e. The molecule has 0 saturated carbocycles. The second-order valence-corrected chi connectivity index (χ2v) is 12.8. The van der Waals surface area contributed by atoms with Crippen molar-refractivity contribution in [3.05, 3.63) is 163 Å². The van der Waals surface area contributed by atoms with Gasteiger partial charge in [-0.05, 0) is 39.8 Å². The molecule has 0 atom stereocenters. The molecule has 0 N–H and O–H groups in total. The molecule has 1 aliphatic rings. The minimum Gasteiger partial charge on any atom is -0.247 e. The average Bonchev–Trinajstić information content (AvgIpc) is 3.37. The lowest BCUT2D eigenvalue weighted by Gasteiger charge is -2.25. The summed E-state index contributed by atoms with van der Waals surface area (Å²) in [6, 6.07) is 53.4. The third-order valence-electron chi connectivity index (χ3n) is 9.64. The fourth-order valence-electron chi connectivity index (χ4n) is 7.37. The fraction of sp³-hybridized carbons (Fsp3) is 0.0682. The highest BCUT2D eigenvalue weighted by Crippen LogP contribution is 2.53. The highest BCUT2D eigenvalue weighted by Gasteiger charge is 2.39. The van der Waals surface area contributed by atoms with Gasteiger partial charge in [0.25, 0.3) is 0 Å². The van der Waals surface area contributed by atoms with E-state index in [1.54, 1.807) is 0 Å². The second-order valence-electron chi connectivity index (χ2n) is 12.8. The Labute approximate surface area is 274 Å². The molecule has 3 nitrogen and oxygen atoms in total. The summed E-state index contributed by atoms with van der Waals surface area (Å²) in [6.45, 7) is 4.66. The molecule has 222 valence electrons. The number of fused-ring (bicyclic) bond motifs is 6. The van der Waals surface area contributed by atoms with Crippen molar-refractivity contribution in [2.75, 3.05) is 0 Å². The Hall–Kier alpha value is -5.93. The maximum Gasteiger partial charge on any atom is 0.160 e. The zero-order valence-corrected chi connectivity index (χ0v) is 26.3. The van der Waals surface area contributed by atoms with E-state index in [1.807, 2.05) is 12.1 Å². The van der Waals surface area contributed by atoms with Gasteiger partial charge in [-0.15, -0.1) is 0 Å². The minimum atomic E-state index is -0.228. The number of rotatable bonds is 4. The van der Waals surface area contributed by atoms with Crippen LogP contribution in [-0.2, 0) is 5.41 Å². The zero-order chi connectivity index (χ0) is 31.5. The molecule has 0 fully saturated rings. The van der Waals surface area contributed by atoms with Crippen LogP contribution >= 0.6 is 0 Å². The van der Waals surface area contributed by atoms with Gasteiger partial charge in [0.1, 0.15) is 0 Å². The molecule has 0 spiro atoms. The molecule has 8 aromatic rings. The zero-order valence-electron chi connectivity index (χ0n) is 26.3. The standard InChI is InChI=1S/C44H31N3/c1-44(2)36-23-12-11-22-34(36)42-40(44)39(35-25-24-28-14-9-10-21-33(28)41(35)47-42)31-19-13-20-32(26-31)43-45-37(29-15-5-3-6-16-29)27-38(46-43)30-17-7-4-8-18-30/h3-27H,1-2H3. The first-order valence-corrected chi connectivity index (χ1v) is 16.1. The van der Waals surface area contributed by atoms with Crippen LogP contribution in [0.4, 0.5) is 0 Å². The van der Waals surface area contributed by atoms with Crippen molar-refractivity contribution in [2.45, 2.75) is 19.3 Å². The Morgan fingerprint density at radius 2 is 1.09 bits per heavy atom. The Morgan fingerprint density at radius 3 is 1.83 bits per heavy atom. The molecular weight excluding hydrogens is 571 g/mol. The number of hydrogen-bond acceptors (Lipinski definition) is 3. The predicted octanol–water partition coefficient (Wildman–Crippen LogP) is 11.2. The summed E-state index contributed by atoms with van der Waals surface area (Å²) in [7, 11) is 0. The van der Waals surface area contributed by atoms with Crippen molar-refractivity contribution in [3.63, 3.8) is 0 Å². The first kappa shape index (κ1) is 27.4. The molecular formula is C44H31N3. The van der Waals surface area contributed by atoms with Gasteiger partial charge in [0.05, 0.1) is 22.6 Å². The van der Waals surface area contributed by atoms with Crippen LogP contribution in [0.2, 0.25) is 0 Å². The van der Waals surface area contributed by atoms with E-state index in [9.17, 15) is 0 Å². The van der Waals surface area contributed by atoms with Crippen LogP contribution in [0.5, 0.6) is 0 Å². The predicted molar refractivity (Wildman–Crippen MR) is 194 cm³/mol. The summed E-state index contributed by atoms with van der Waals surface area (Å²) in [5, 5.41) is 3.51. The number of nitrogens with zero attached hydrogens (tertiary/aromatic N) is 3. The summed E-state index contributed by atoms with van der Waals surface area (Å²) < 4.78 is 0. The third kappa shape index (κ3) is 4.39. The molecule has 9 rings (SSSR count). The van der Waals surface area contributed by atoms with E-state index in [4.69, 9.17) is 15.0 Å². The number of hydrogen-bond donors (Lipinski definition) is 0. The van der Waals surface area contributed by atoms with Gasteiger partial charge in [-0.2, -0.15) is 0 Å². The van der Waals surface area contributed by atoms with Gasteiger partial charge < -0.3 is 0 Å². The molecule has 0 aliphatic heterocycles. The minimum absolute atomic E-state index is 0.228. The summed E-state index contributed by atoms with van der Waals surface area (Å²) in [5.41, 5.74) is 12.9. The van der Waals surface area contributed by atoms with Crippen LogP contribution in [0.3, 0.4) is 0 Å². The van der Waals surface area contributed by atoms with E-state index in [-0.39, 0.29) is 5.41 Å². The SMILES string of the molecule is CC1(C)c2ccccc2-c2nc3c(ccc4ccccc43)c(-c3cccc(-c4nc(-c5ccccc5)cc(-c5ccccc5)n4)c3)c21. The number of aromatic nitrogens is 3. The second kappa shape index (κ2) is 10.6. The maximum atomic E-state index is 5.45. The van der Waals surface area contributed by atoms with E-state index in [1.165, 1.54) is 33.0 Å². The highest BCUT2D eigenvalue weighted by molar-refractivity contribution is 6.13. The molecule has 2 heterocycles. The summed E-state index contributed by atoms with van der Waals surface area (Å²) in [5.74, 6) is 0.704. The van der Waals surface area contributed by atoms with Crippen LogP contribution in [0.25, 0.3) is 78.0 Å². The van der Waals surface area contributed by atoms with Crippen LogP contribution < -0.4 is 0 Å². The summed E-state index contributed by atoms with van der Waals surface area (Å²) in [6.07, 6.45) is 0. The Balaban J connectivity index is 1.31. The van der Waals surface area contributed by atoms with E-state index < -0.39 is 0 Å². The van der Waals surface area contributed by atoms with E-state index >= 15 is 0 Å². The van der Waals surface area contributed by atoms with Crippen molar-refractivity contribution < 1.29 is 0 Å². The van der Waals surface area contributed by atoms with Crippen molar-refractivity contribution in [1.29, 1.82) is 0 Å². The van der Waals surface area contributed by atoms with Crippen molar-refractivity contribution in [3.8, 4) is 56.3 Å². The molecule has 0 amide bonds. The highest BCUT2D eigenvalue weighted by atomic mass is 14.9. The quantitative estimate of drug-likeness (QED) is 0.188. The largest absolute Gasteiger partial charge is 0.247 e. The van der Waals surface area contributed by atoms with Gasteiger partial charge in [-0.1, -0.05) is 153 Å². The summed E-state index contributed by atoms with van der Waals surface area (Å²) >= 11 is 0. The lowest BCUT2D eigenvalue weighted by molar-refractivity contribution is 0.662. The molecule has 1 aliphatic carbocycles. The van der Waals surface area contributed by atoms with Crippen molar-refractivity contribution in [2.24, 2.45) is 0 Å². The molecule has 0 saturated heterocycles. The monoisotopic (exact) mass is 601 g/mol. The van der Waals surface area contributed by atoms with Crippen molar-refractivity contribution >= 4 is 21.7 Å². The van der Waals surface area contributed by atoms with E-state index in [2.05, 4.69) is 153 Å². The Kier molecular flexibility index (Phi) is 6.16. The van der Waals surface area contributed by atoms with Gasteiger partial charge in [0.15, 0.2) is 5.82 Å². The van der Waals surface area contributed by atoms with E-state index in [0.29, 0.717) is 5.82 Å². The molecule has 0 bridgehead atoms. The Morgan fingerprint density at radius 1 is 0.468 bits per heavy atom. The first-order valence-electron chi connectivity index (χ1n) is 16.1. The van der Waals surface area contributed by atoms with Crippen LogP contribution in [0.15, 0.2) is 152 Å². The molecule has 0 unspecified atom stereocenters. The van der Waals surface area contributed by atoms with Crippen LogP contribution in [-0.4, -0.2) is 15.0 Å². The number of pyridine rings is 1. The van der Waals surface area contributed by atoms with Crippen LogP contribution in [0.1, 0.15) is 25.0 Å². The molecule has 47 heavy (non-hydrogen) atoms. The van der Waals surface area contributed by atoms with Gasteiger partial charge >= 0.3 is 0 Å². The third-order valence-corrected chi connectivity index (χ3v) is 9.64. The fourth-order valence-corrected chi connectivity index (χ4v) is 7.37. The molecule has 6 aromatic carbocycles. The topological polar surface area (TPSA) is 38.7 Å². The van der Waals surface area contributed by atoms with E-state index in [0.717, 1.165) is 50.2 Å². The van der Waals surface area contributed by atoms with Gasteiger partial charge in [-0.25, -0.2) is 15.0 Å². The molecule has 2 aromatic heterocycles. The van der Waals surface area contributed by atoms with Crippen LogP contribution in [0, 0.1) is 0 Å². The number of benzene rings is 6. The normalized spacial score (nSPS) is 13.1. The average molecular weight is 602 g/mol. The Bertz CT molecular complexity index is 2420. The van der Waals surface area contributed by atoms with Crippen molar-refractivity contribution in [1.82, 2.24) is 15.0 Å². The molecule has 3 heteroatoms. The lowest BCUT2D eigenvalue weighted by atomic mass is 9.78. The molecule has 0 radical (unpaired) electrons. The first-order chi connectivity index (χ1) is 23.1. The van der Waals surface area contributed by atoms with Gasteiger partial charge in [-0.3, -0.25) is 0 Å². The van der Waals surface area contributed by atoms with Gasteiger partial charge in [0, 0.05) is 38.4 Å².